The molecular formula is C59H92N8O20. The lowest BCUT2D eigenvalue weighted by atomic mass is 10.1. The molecule has 4 saturated heterocycles. The average molecular weight is 1230 g/mol. The van der Waals surface area contributed by atoms with Crippen LogP contribution in [0.1, 0.15) is 96.8 Å². The number of aliphatic hydroxyl groups is 4. The minimum Gasteiger partial charge on any atom is -0.396 e. The number of benzene rings is 3. The van der Waals surface area contributed by atoms with Gasteiger partial charge in [-0.2, -0.15) is 0 Å². The van der Waals surface area contributed by atoms with Crippen molar-refractivity contribution in [1.82, 2.24) is 14.7 Å². The Balaban J connectivity index is 0.000000276. The van der Waals surface area contributed by atoms with Crippen LogP contribution in [0.5, 0.6) is 0 Å². The van der Waals surface area contributed by atoms with Gasteiger partial charge in [-0.25, -0.2) is 0 Å². The van der Waals surface area contributed by atoms with E-state index < -0.39 is 24.9 Å². The molecule has 7 aliphatic rings. The van der Waals surface area contributed by atoms with Crippen molar-refractivity contribution in [1.29, 1.82) is 0 Å². The fraction of sp³-hybridized carbons (Fsp3) is 0.593. The van der Waals surface area contributed by atoms with Gasteiger partial charge in [0.2, 0.25) is 0 Å². The minimum absolute atomic E-state index is 0.0463. The molecule has 28 heteroatoms. The van der Waals surface area contributed by atoms with Crippen molar-refractivity contribution in [3.8, 4) is 0 Å². The summed E-state index contributed by atoms with van der Waals surface area (Å²) in [6, 6.07) is 20.0. The number of hydrogen-bond donors (Lipinski definition) is 9. The number of nitrogens with zero attached hydrogens (tertiary/aromatic N) is 3. The van der Waals surface area contributed by atoms with Gasteiger partial charge in [-0.1, -0.05) is 71.0 Å². The van der Waals surface area contributed by atoms with Crippen LogP contribution in [0.25, 0.3) is 0 Å². The van der Waals surface area contributed by atoms with Gasteiger partial charge < -0.3 is 85.0 Å². The van der Waals surface area contributed by atoms with Crippen molar-refractivity contribution in [3.63, 3.8) is 0 Å². The second kappa shape index (κ2) is 40.8. The van der Waals surface area contributed by atoms with Gasteiger partial charge in [-0.3, -0.25) is 55.2 Å². The number of nitrogens with two attached hydrogens (primary N) is 5. The van der Waals surface area contributed by atoms with E-state index in [1.54, 1.807) is 79.7 Å². The third-order valence-corrected chi connectivity index (χ3v) is 13.2. The SMILES string of the molecule is CC(CO)CO.CC1COC(CN)OC1.CC1COC(CN)OC1.CC1COC(CN2C(=O)c3ccccc3C2=O)OC1.CC1COC(CN2C(=O)c3ccccc3C2=O)OC1.COC(CN1C(=O)c2ccccc2C1=O)OC.NC(CO)CO.NN. The average Bonchev–Trinajstić information content (AvgIpc) is 2.54. The van der Waals surface area contributed by atoms with Gasteiger partial charge in [0.25, 0.3) is 35.4 Å². The van der Waals surface area contributed by atoms with Crippen LogP contribution in [-0.2, 0) is 47.4 Å². The maximum atomic E-state index is 12.1. The number of rotatable bonds is 14. The number of methoxy groups -OCH3 is 2. The molecule has 0 aromatic heterocycles. The first-order valence-electron chi connectivity index (χ1n) is 28.6. The monoisotopic (exact) mass is 1230 g/mol. The number of amides is 6. The molecule has 7 heterocycles. The van der Waals surface area contributed by atoms with Crippen LogP contribution in [0.2, 0.25) is 0 Å². The summed E-state index contributed by atoms with van der Waals surface area (Å²) in [4.78, 5) is 76.0. The van der Waals surface area contributed by atoms with Crippen LogP contribution in [0.3, 0.4) is 0 Å². The maximum absolute atomic E-state index is 12.1. The molecule has 87 heavy (non-hydrogen) atoms. The lowest BCUT2D eigenvalue weighted by Gasteiger charge is -2.29. The maximum Gasteiger partial charge on any atom is 0.261 e. The van der Waals surface area contributed by atoms with Gasteiger partial charge in [0.1, 0.15) is 0 Å². The fourth-order valence-corrected chi connectivity index (χ4v) is 8.06. The van der Waals surface area contributed by atoms with Crippen molar-refractivity contribution in [2.45, 2.75) is 72.1 Å². The highest BCUT2D eigenvalue weighted by Crippen LogP contribution is 2.26. The number of aliphatic hydroxyl groups excluding tert-OH is 4. The first kappa shape index (κ1) is 75.6. The van der Waals surface area contributed by atoms with E-state index in [0.717, 1.165) is 31.3 Å². The van der Waals surface area contributed by atoms with Crippen molar-refractivity contribution in [2.75, 3.05) is 126 Å². The molecule has 4 fully saturated rings. The number of hydrazine groups is 1. The van der Waals surface area contributed by atoms with E-state index in [1.807, 2.05) is 13.8 Å². The highest BCUT2D eigenvalue weighted by atomic mass is 16.7. The summed E-state index contributed by atoms with van der Waals surface area (Å²) < 4.78 is 52.7. The second-order valence-electron chi connectivity index (χ2n) is 21.1. The third-order valence-electron chi connectivity index (χ3n) is 13.2. The van der Waals surface area contributed by atoms with Crippen molar-refractivity contribution >= 4 is 35.4 Å². The summed E-state index contributed by atoms with van der Waals surface area (Å²) in [5.41, 5.74) is 18.3. The Morgan fingerprint density at radius 3 is 0.851 bits per heavy atom. The number of fused-ring (bicyclic) bond motifs is 3. The molecule has 0 radical (unpaired) electrons. The Kier molecular flexibility index (Phi) is 35.4. The zero-order valence-electron chi connectivity index (χ0n) is 50.8. The normalized spacial score (nSPS) is 23.6. The van der Waals surface area contributed by atoms with Crippen LogP contribution < -0.4 is 28.9 Å². The largest absolute Gasteiger partial charge is 0.396 e. The molecule has 3 aromatic rings. The third kappa shape index (κ3) is 24.0. The van der Waals surface area contributed by atoms with E-state index in [2.05, 4.69) is 25.5 Å². The van der Waals surface area contributed by atoms with E-state index in [0.29, 0.717) is 96.6 Å². The lowest BCUT2D eigenvalue weighted by molar-refractivity contribution is -0.199. The number of hydrogen-bond acceptors (Lipinski definition) is 25. The van der Waals surface area contributed by atoms with Gasteiger partial charge in [-0.15, -0.1) is 0 Å². The van der Waals surface area contributed by atoms with Crippen LogP contribution >= 0.6 is 0 Å². The van der Waals surface area contributed by atoms with Crippen LogP contribution in [-0.4, -0.2) is 234 Å². The molecule has 0 atom stereocenters. The molecular weight excluding hydrogens is 1140 g/mol. The standard InChI is InChI=1S/2C14H15NO4.C12H13NO4.2C6H13NO2.C4H10O2.C3H9NO2.H4N2/c2*1-9-7-18-12(19-8-9)6-15-13(16)10-4-2-3-5-11(10)14(15)17;1-16-10(17-2)7-13-11(14)8-5-3-4-6-9(8)12(13)15;2*1-5-3-8-6(2-7)9-4-5;1-4(2-5)3-6;4-3(1-5)2-6;1-2/h2*2-5,9,12H,6-8H2,1H3;3-6,10H,7H2,1-2H3;2*5-6H,2-4,7H2,1H3;4-6H,2-3H2,1H3;3,5-6H,1-2,4H2;1-2H2. The second-order valence-corrected chi connectivity index (χ2v) is 21.1. The Morgan fingerprint density at radius 2 is 0.667 bits per heavy atom. The predicted molar refractivity (Wildman–Crippen MR) is 315 cm³/mol. The zero-order valence-corrected chi connectivity index (χ0v) is 50.8. The van der Waals surface area contributed by atoms with Crippen molar-refractivity contribution in [2.24, 2.45) is 58.5 Å². The quantitative estimate of drug-likeness (QED) is 0.0448. The Morgan fingerprint density at radius 1 is 0.437 bits per heavy atom. The molecule has 10 rings (SSSR count). The topological polar surface area (TPSA) is 415 Å². The Hall–Kier alpha value is -5.68. The smallest absolute Gasteiger partial charge is 0.261 e. The first-order chi connectivity index (χ1) is 41.8. The molecule has 6 amide bonds. The molecule has 0 unspecified atom stereocenters. The fourth-order valence-electron chi connectivity index (χ4n) is 8.06. The van der Waals surface area contributed by atoms with E-state index in [9.17, 15) is 28.8 Å². The van der Waals surface area contributed by atoms with Gasteiger partial charge in [0.15, 0.2) is 31.5 Å². The lowest BCUT2D eigenvalue weighted by Crippen LogP contribution is -2.42. The van der Waals surface area contributed by atoms with Crippen molar-refractivity contribution < 1.29 is 96.6 Å². The van der Waals surface area contributed by atoms with Crippen molar-refractivity contribution in [3.05, 3.63) is 106 Å². The molecule has 0 saturated carbocycles. The molecule has 14 N–H and O–H groups in total. The van der Waals surface area contributed by atoms with Gasteiger partial charge in [0.05, 0.1) is 125 Å². The summed E-state index contributed by atoms with van der Waals surface area (Å²) in [6.45, 7) is 16.7. The van der Waals surface area contributed by atoms with E-state index in [1.165, 1.54) is 24.0 Å². The summed E-state index contributed by atoms with van der Waals surface area (Å²) in [6.07, 6.45) is -1.93. The molecule has 28 nitrogen and oxygen atoms in total. The summed E-state index contributed by atoms with van der Waals surface area (Å²) in [5.74, 6) is 8.09. The van der Waals surface area contributed by atoms with E-state index >= 15 is 0 Å². The Labute approximate surface area is 508 Å². The predicted octanol–water partition coefficient (Wildman–Crippen LogP) is 0.117. The highest BCUT2D eigenvalue weighted by Gasteiger charge is 2.40. The first-order valence-corrected chi connectivity index (χ1v) is 28.6. The molecule has 0 aliphatic carbocycles. The number of imide groups is 3. The summed E-state index contributed by atoms with van der Waals surface area (Å²) in [7, 11) is 2.93. The van der Waals surface area contributed by atoms with Crippen LogP contribution in [0.4, 0.5) is 0 Å². The van der Waals surface area contributed by atoms with Crippen LogP contribution in [0.15, 0.2) is 72.8 Å². The molecule has 0 spiro atoms. The van der Waals surface area contributed by atoms with Gasteiger partial charge in [-0.05, 0) is 36.4 Å². The van der Waals surface area contributed by atoms with Gasteiger partial charge in [0, 0.05) is 70.1 Å². The van der Waals surface area contributed by atoms with Gasteiger partial charge >= 0.3 is 0 Å². The molecule has 0 bridgehead atoms. The molecule has 3 aromatic carbocycles. The Bertz CT molecular complexity index is 2280. The number of carbonyl (C=O) groups excluding carboxylic acids is 6. The molecule has 488 valence electrons. The zero-order chi connectivity index (χ0) is 64.6. The molecule has 7 aliphatic heterocycles. The summed E-state index contributed by atoms with van der Waals surface area (Å²) >= 11 is 0. The van der Waals surface area contributed by atoms with E-state index in [4.69, 9.17) is 85.0 Å². The number of carbonyl (C=O) groups is 6. The van der Waals surface area contributed by atoms with E-state index in [-0.39, 0.29) is 100 Å². The minimum atomic E-state index is -0.600. The summed E-state index contributed by atoms with van der Waals surface area (Å²) in [5, 5.41) is 32.4. The van der Waals surface area contributed by atoms with Crippen LogP contribution in [0, 0.1) is 29.6 Å². The number of ether oxygens (including phenoxy) is 10. The highest BCUT2D eigenvalue weighted by molar-refractivity contribution is 6.22.